The SMILES string of the molecule is COC(c1ccc(C(=O)NC(CCSC)C(=O)O)c(-c2ccccc2C)c1)c1cnc(-c2ccc(Cl)cc2)s1.[LiH]. The number of hydrogen-bond donors (Lipinski definition) is 2. The number of rotatable bonds is 11. The first-order chi connectivity index (χ1) is 18.8. The number of halogens is 1. The van der Waals surface area contributed by atoms with E-state index in [0.29, 0.717) is 28.3 Å². The van der Waals surface area contributed by atoms with Crippen molar-refractivity contribution in [2.45, 2.75) is 25.5 Å². The van der Waals surface area contributed by atoms with Crippen LogP contribution in [-0.2, 0) is 9.53 Å². The molecule has 0 spiro atoms. The van der Waals surface area contributed by atoms with Gasteiger partial charge in [-0.15, -0.1) is 11.3 Å². The van der Waals surface area contributed by atoms with Gasteiger partial charge < -0.3 is 15.2 Å². The van der Waals surface area contributed by atoms with Gasteiger partial charge in [-0.1, -0.05) is 54.1 Å². The molecule has 204 valence electrons. The van der Waals surface area contributed by atoms with E-state index in [0.717, 1.165) is 32.1 Å². The molecule has 0 fully saturated rings. The minimum atomic E-state index is -1.05. The second kappa shape index (κ2) is 14.9. The maximum atomic E-state index is 13.4. The molecular formula is C30H30ClLiN2O4S2. The number of amides is 1. The number of nitrogens with one attached hydrogen (secondary N) is 1. The molecule has 4 aromatic rings. The van der Waals surface area contributed by atoms with E-state index in [1.54, 1.807) is 31.1 Å². The second-order valence-electron chi connectivity index (χ2n) is 8.96. The van der Waals surface area contributed by atoms with Crippen LogP contribution in [0, 0.1) is 6.92 Å². The van der Waals surface area contributed by atoms with Gasteiger partial charge in [0, 0.05) is 29.5 Å². The molecule has 0 aliphatic carbocycles. The molecule has 10 heteroatoms. The maximum absolute atomic E-state index is 13.4. The summed E-state index contributed by atoms with van der Waals surface area (Å²) in [5, 5.41) is 13.9. The number of aryl methyl sites for hydroxylation is 1. The molecule has 3 aromatic carbocycles. The number of carboxylic acids is 1. The Balaban J connectivity index is 0.00000441. The molecule has 4 rings (SSSR count). The van der Waals surface area contributed by atoms with Crippen LogP contribution in [0.5, 0.6) is 0 Å². The molecule has 0 saturated heterocycles. The monoisotopic (exact) mass is 588 g/mol. The summed E-state index contributed by atoms with van der Waals surface area (Å²) in [6.45, 7) is 1.98. The van der Waals surface area contributed by atoms with E-state index in [1.807, 2.05) is 73.8 Å². The van der Waals surface area contributed by atoms with Crippen LogP contribution in [0.15, 0.2) is 72.9 Å². The van der Waals surface area contributed by atoms with Gasteiger partial charge in [-0.05, 0) is 71.9 Å². The van der Waals surface area contributed by atoms with Gasteiger partial charge in [0.2, 0.25) is 0 Å². The average molecular weight is 589 g/mol. The molecule has 0 aliphatic heterocycles. The first-order valence-corrected chi connectivity index (χ1v) is 14.9. The van der Waals surface area contributed by atoms with Gasteiger partial charge in [0.15, 0.2) is 0 Å². The number of aromatic nitrogens is 1. The molecule has 1 heterocycles. The van der Waals surface area contributed by atoms with Crippen LogP contribution < -0.4 is 5.32 Å². The fraction of sp³-hybridized carbons (Fsp3) is 0.233. The number of ether oxygens (including phenoxy) is 1. The Bertz CT molecular complexity index is 1460. The number of nitrogens with zero attached hydrogens (tertiary/aromatic N) is 1. The van der Waals surface area contributed by atoms with Crippen molar-refractivity contribution < 1.29 is 19.4 Å². The number of carbonyl (C=O) groups is 2. The zero-order valence-corrected chi connectivity index (χ0v) is 24.2. The number of thioether (sulfide) groups is 1. The van der Waals surface area contributed by atoms with E-state index in [9.17, 15) is 14.7 Å². The summed E-state index contributed by atoms with van der Waals surface area (Å²) in [5.74, 6) is -0.846. The van der Waals surface area contributed by atoms with E-state index in [1.165, 1.54) is 11.3 Å². The normalized spacial score (nSPS) is 12.3. The van der Waals surface area contributed by atoms with Crippen LogP contribution in [0.25, 0.3) is 21.7 Å². The van der Waals surface area contributed by atoms with Crippen LogP contribution >= 0.6 is 34.7 Å². The van der Waals surface area contributed by atoms with Gasteiger partial charge in [0.05, 0.1) is 4.88 Å². The van der Waals surface area contributed by atoms with Crippen molar-refractivity contribution in [3.8, 4) is 21.7 Å². The Labute approximate surface area is 259 Å². The molecule has 1 amide bonds. The molecule has 6 nitrogen and oxygen atoms in total. The molecule has 2 N–H and O–H groups in total. The molecule has 40 heavy (non-hydrogen) atoms. The van der Waals surface area contributed by atoms with E-state index in [-0.39, 0.29) is 18.9 Å². The van der Waals surface area contributed by atoms with Gasteiger partial charge >= 0.3 is 24.8 Å². The molecule has 2 unspecified atom stereocenters. The number of carboxylic acid groups (broad SMARTS) is 1. The van der Waals surface area contributed by atoms with Crippen LogP contribution in [0.4, 0.5) is 0 Å². The van der Waals surface area contributed by atoms with Crippen LogP contribution in [0.1, 0.15) is 38.9 Å². The molecule has 0 radical (unpaired) electrons. The summed E-state index contributed by atoms with van der Waals surface area (Å²) in [6, 6.07) is 19.9. The van der Waals surface area contributed by atoms with Crippen molar-refractivity contribution in [2.24, 2.45) is 0 Å². The number of benzene rings is 3. The van der Waals surface area contributed by atoms with Crippen LogP contribution in [0.3, 0.4) is 0 Å². The fourth-order valence-electron chi connectivity index (χ4n) is 4.30. The number of aliphatic carboxylic acids is 1. The number of carbonyl (C=O) groups excluding carboxylic acids is 1. The summed E-state index contributed by atoms with van der Waals surface area (Å²) >= 11 is 9.11. The number of methoxy groups -OCH3 is 1. The van der Waals surface area contributed by atoms with E-state index < -0.39 is 24.0 Å². The fourth-order valence-corrected chi connectivity index (χ4v) is 5.92. The molecule has 1 aromatic heterocycles. The molecule has 0 saturated carbocycles. The topological polar surface area (TPSA) is 88.5 Å². The first kappa shape index (κ1) is 31.9. The Hall–Kier alpha value is -2.57. The van der Waals surface area contributed by atoms with Crippen molar-refractivity contribution in [1.82, 2.24) is 10.3 Å². The molecule has 0 bridgehead atoms. The Kier molecular flexibility index (Phi) is 11.9. The van der Waals surface area contributed by atoms with Gasteiger partial charge in [-0.3, -0.25) is 4.79 Å². The summed E-state index contributed by atoms with van der Waals surface area (Å²) in [4.78, 5) is 30.7. The Morgan fingerprint density at radius 1 is 1.10 bits per heavy atom. The van der Waals surface area contributed by atoms with Crippen LogP contribution in [-0.4, -0.2) is 66.0 Å². The summed E-state index contributed by atoms with van der Waals surface area (Å²) < 4.78 is 5.92. The second-order valence-corrected chi connectivity index (χ2v) is 11.4. The summed E-state index contributed by atoms with van der Waals surface area (Å²) in [5.41, 5.74) is 4.83. The van der Waals surface area contributed by atoms with Crippen molar-refractivity contribution >= 4 is 65.4 Å². The van der Waals surface area contributed by atoms with Crippen molar-refractivity contribution in [2.75, 3.05) is 19.1 Å². The Morgan fingerprint density at radius 2 is 1.82 bits per heavy atom. The third-order valence-corrected chi connectivity index (χ3v) is 8.33. The van der Waals surface area contributed by atoms with Crippen molar-refractivity contribution in [3.05, 3.63) is 99.5 Å². The quantitative estimate of drug-likeness (QED) is 0.195. The van der Waals surface area contributed by atoms with E-state index >= 15 is 0 Å². The van der Waals surface area contributed by atoms with E-state index in [4.69, 9.17) is 16.3 Å². The molecular weight excluding hydrogens is 559 g/mol. The van der Waals surface area contributed by atoms with Gasteiger partial charge in [-0.2, -0.15) is 11.8 Å². The van der Waals surface area contributed by atoms with Crippen LogP contribution in [0.2, 0.25) is 5.02 Å². The Morgan fingerprint density at radius 3 is 2.48 bits per heavy atom. The van der Waals surface area contributed by atoms with E-state index in [2.05, 4.69) is 10.3 Å². The standard InChI is InChI=1S/C30H29ClN2O4S2.Li.H/c1-18-6-4-5-7-22(18)24-16-20(10-13-23(24)28(34)33-25(30(35)36)14-15-38-3)27(37-2)26-17-32-29(39-26)19-8-11-21(31)12-9-19;;/h4-13,16-17,25,27H,14-15H2,1-3H3,(H,33,34)(H,35,36);;. The first-order valence-electron chi connectivity index (χ1n) is 12.3. The average Bonchev–Trinajstić information content (AvgIpc) is 3.41. The summed E-state index contributed by atoms with van der Waals surface area (Å²) in [7, 11) is 1.64. The van der Waals surface area contributed by atoms with Gasteiger partial charge in [0.1, 0.15) is 17.2 Å². The molecule has 2 atom stereocenters. The van der Waals surface area contributed by atoms with Crippen molar-refractivity contribution in [1.29, 1.82) is 0 Å². The van der Waals surface area contributed by atoms with Gasteiger partial charge in [-0.25, -0.2) is 9.78 Å². The number of thiazole rings is 1. The predicted octanol–water partition coefficient (Wildman–Crippen LogP) is 6.46. The zero-order valence-electron chi connectivity index (χ0n) is 21.8. The summed E-state index contributed by atoms with van der Waals surface area (Å²) in [6.07, 6.45) is 3.65. The predicted molar refractivity (Wildman–Crippen MR) is 167 cm³/mol. The third-order valence-electron chi connectivity index (χ3n) is 6.35. The zero-order chi connectivity index (χ0) is 27.9. The van der Waals surface area contributed by atoms with Crippen molar-refractivity contribution in [3.63, 3.8) is 0 Å². The van der Waals surface area contributed by atoms with Gasteiger partial charge in [0.25, 0.3) is 5.91 Å². The molecule has 0 aliphatic rings. The third kappa shape index (κ3) is 7.58. The number of hydrogen-bond acceptors (Lipinski definition) is 6. The minimum absolute atomic E-state index is 0.